The first-order valence-electron chi connectivity index (χ1n) is 5.97. The van der Waals surface area contributed by atoms with Gasteiger partial charge < -0.3 is 5.32 Å². The summed E-state index contributed by atoms with van der Waals surface area (Å²) in [7, 11) is 1.36. The molecular weight excluding hydrogens is 264 g/mol. The van der Waals surface area contributed by atoms with Crippen molar-refractivity contribution in [3.8, 4) is 0 Å². The molecule has 0 aliphatic heterocycles. The van der Waals surface area contributed by atoms with Gasteiger partial charge in [-0.15, -0.1) is 12.6 Å². The molecule has 5 nitrogen and oxygen atoms in total. The third kappa shape index (κ3) is 6.83. The Morgan fingerprint density at radius 2 is 2.00 bits per heavy atom. The number of hydrogen-bond acceptors (Lipinski definition) is 3. The van der Waals surface area contributed by atoms with E-state index < -0.39 is 6.03 Å². The number of carbonyl (C=O) groups is 2. The van der Waals surface area contributed by atoms with Crippen molar-refractivity contribution < 1.29 is 14.4 Å². The second-order valence-electron chi connectivity index (χ2n) is 4.10. The lowest BCUT2D eigenvalue weighted by Crippen LogP contribution is -2.42. The normalized spacial score (nSPS) is 11.7. The zero-order valence-electron chi connectivity index (χ0n) is 10.8. The molecule has 0 saturated heterocycles. The molecule has 1 rings (SSSR count). The van der Waals surface area contributed by atoms with E-state index in [1.54, 1.807) is 0 Å². The van der Waals surface area contributed by atoms with Crippen LogP contribution in [-0.4, -0.2) is 24.3 Å². The van der Waals surface area contributed by atoms with Crippen LogP contribution in [0.1, 0.15) is 18.4 Å². The molecule has 2 N–H and O–H groups in total. The first kappa shape index (κ1) is 15.5. The summed E-state index contributed by atoms with van der Waals surface area (Å²) in [5.74, 6) is 0. The van der Waals surface area contributed by atoms with Crippen molar-refractivity contribution in [2.45, 2.75) is 25.3 Å². The number of urea groups is 1. The summed E-state index contributed by atoms with van der Waals surface area (Å²) >= 11 is 3.74. The van der Waals surface area contributed by atoms with Gasteiger partial charge in [-0.2, -0.15) is 0 Å². The van der Waals surface area contributed by atoms with E-state index in [0.29, 0.717) is 19.3 Å². The highest BCUT2D eigenvalue weighted by Gasteiger charge is 2.14. The zero-order valence-corrected chi connectivity index (χ0v) is 11.7. The minimum absolute atomic E-state index is 0.145. The number of nitrogens with one attached hydrogen (secondary N) is 2. The van der Waals surface area contributed by atoms with E-state index in [1.165, 1.54) is 7.11 Å². The topological polar surface area (TPSA) is 67.4 Å². The van der Waals surface area contributed by atoms with E-state index in [0.717, 1.165) is 5.56 Å². The van der Waals surface area contributed by atoms with Gasteiger partial charge >= 0.3 is 6.03 Å². The van der Waals surface area contributed by atoms with Crippen LogP contribution < -0.4 is 10.8 Å². The standard InChI is InChI=1S/C13H18N2O3S/c1-18-15-13(17)14-11(7-8-12(16)19)9-10-5-3-2-4-6-10/h2-6,11H,7-9H2,1H3,(H,16,19)(H2,14,15,17)/t11-/m0/s1. The number of carbonyl (C=O) groups excluding carboxylic acids is 2. The SMILES string of the molecule is CONC(=O)N[C@@H](CCC(=O)S)Cc1ccccc1. The van der Waals surface area contributed by atoms with Gasteiger partial charge in [0.25, 0.3) is 0 Å². The molecule has 19 heavy (non-hydrogen) atoms. The molecule has 104 valence electrons. The van der Waals surface area contributed by atoms with E-state index in [-0.39, 0.29) is 11.2 Å². The van der Waals surface area contributed by atoms with Crippen LogP contribution in [0.25, 0.3) is 0 Å². The summed E-state index contributed by atoms with van der Waals surface area (Å²) in [6.07, 6.45) is 1.50. The fourth-order valence-corrected chi connectivity index (χ4v) is 1.86. The Morgan fingerprint density at radius 1 is 1.32 bits per heavy atom. The molecule has 1 atom stereocenters. The first-order chi connectivity index (χ1) is 9.11. The Hall–Kier alpha value is -1.53. The number of benzene rings is 1. The molecule has 0 radical (unpaired) electrons. The largest absolute Gasteiger partial charge is 0.338 e. The lowest BCUT2D eigenvalue weighted by molar-refractivity contribution is -0.111. The molecule has 0 spiro atoms. The predicted octanol–water partition coefficient (Wildman–Crippen LogP) is 1.69. The van der Waals surface area contributed by atoms with Gasteiger partial charge in [0.05, 0.1) is 7.11 Å². The molecule has 1 aromatic rings. The van der Waals surface area contributed by atoms with Crippen molar-refractivity contribution in [2.75, 3.05) is 7.11 Å². The second kappa shape index (κ2) is 8.55. The Morgan fingerprint density at radius 3 is 2.58 bits per heavy atom. The summed E-state index contributed by atoms with van der Waals surface area (Å²) in [4.78, 5) is 26.9. The first-order valence-corrected chi connectivity index (χ1v) is 6.41. The maximum atomic E-state index is 11.4. The smallest absolute Gasteiger partial charge is 0.333 e. The maximum Gasteiger partial charge on any atom is 0.338 e. The van der Waals surface area contributed by atoms with Gasteiger partial charge in [0, 0.05) is 12.5 Å². The second-order valence-corrected chi connectivity index (χ2v) is 4.60. The molecule has 0 unspecified atom stereocenters. The molecule has 1 aromatic carbocycles. The molecule has 6 heteroatoms. The molecule has 0 aliphatic rings. The van der Waals surface area contributed by atoms with Gasteiger partial charge in [0.15, 0.2) is 5.12 Å². The highest BCUT2D eigenvalue weighted by atomic mass is 32.1. The van der Waals surface area contributed by atoms with E-state index >= 15 is 0 Å². The van der Waals surface area contributed by atoms with Gasteiger partial charge in [-0.1, -0.05) is 30.3 Å². The molecular formula is C13H18N2O3S. The molecule has 0 aromatic heterocycles. The third-order valence-electron chi connectivity index (χ3n) is 2.56. The van der Waals surface area contributed by atoms with Gasteiger partial charge in [0.1, 0.15) is 0 Å². The van der Waals surface area contributed by atoms with Crippen molar-refractivity contribution >= 4 is 23.8 Å². The van der Waals surface area contributed by atoms with Crippen molar-refractivity contribution in [1.29, 1.82) is 0 Å². The molecule has 0 heterocycles. The van der Waals surface area contributed by atoms with Gasteiger partial charge in [-0.05, 0) is 18.4 Å². The highest BCUT2D eigenvalue weighted by Crippen LogP contribution is 2.08. The van der Waals surface area contributed by atoms with Crippen molar-refractivity contribution in [3.63, 3.8) is 0 Å². The van der Waals surface area contributed by atoms with Gasteiger partial charge in [-0.3, -0.25) is 9.63 Å². The summed E-state index contributed by atoms with van der Waals surface area (Å²) in [6.45, 7) is 0. The molecule has 0 bridgehead atoms. The van der Waals surface area contributed by atoms with Crippen LogP contribution in [0.15, 0.2) is 30.3 Å². The Labute approximate surface area is 118 Å². The third-order valence-corrected chi connectivity index (χ3v) is 2.79. The monoisotopic (exact) mass is 282 g/mol. The van der Waals surface area contributed by atoms with Crippen molar-refractivity contribution in [1.82, 2.24) is 10.8 Å². The fraction of sp³-hybridized carbons (Fsp3) is 0.385. The summed E-state index contributed by atoms with van der Waals surface area (Å²) < 4.78 is 0. The Bertz CT molecular complexity index is 412. The number of thiol groups is 1. The van der Waals surface area contributed by atoms with E-state index in [4.69, 9.17) is 0 Å². The van der Waals surface area contributed by atoms with E-state index in [1.807, 2.05) is 30.3 Å². The lowest BCUT2D eigenvalue weighted by atomic mass is 10.0. The van der Waals surface area contributed by atoms with Crippen molar-refractivity contribution in [2.24, 2.45) is 0 Å². The summed E-state index contributed by atoms with van der Waals surface area (Å²) in [6, 6.07) is 9.19. The van der Waals surface area contributed by atoms with Crippen LogP contribution >= 0.6 is 12.6 Å². The number of rotatable bonds is 7. The molecule has 0 aliphatic carbocycles. The van der Waals surface area contributed by atoms with Crippen molar-refractivity contribution in [3.05, 3.63) is 35.9 Å². The van der Waals surface area contributed by atoms with Crippen LogP contribution in [0.4, 0.5) is 4.79 Å². The average molecular weight is 282 g/mol. The predicted molar refractivity (Wildman–Crippen MR) is 75.8 cm³/mol. The van der Waals surface area contributed by atoms with Crippen LogP contribution in [0, 0.1) is 0 Å². The molecule has 0 fully saturated rings. The van der Waals surface area contributed by atoms with Crippen LogP contribution in [0.3, 0.4) is 0 Å². The van der Waals surface area contributed by atoms with E-state index in [2.05, 4.69) is 28.3 Å². The fourth-order valence-electron chi connectivity index (χ4n) is 1.73. The molecule has 2 amide bonds. The van der Waals surface area contributed by atoms with Gasteiger partial charge in [0.2, 0.25) is 0 Å². The zero-order chi connectivity index (χ0) is 14.1. The number of hydroxylamine groups is 1. The minimum atomic E-state index is -0.421. The average Bonchev–Trinajstić information content (AvgIpc) is 2.37. The minimum Gasteiger partial charge on any atom is -0.333 e. The summed E-state index contributed by atoms with van der Waals surface area (Å²) in [5, 5.41) is 2.57. The lowest BCUT2D eigenvalue weighted by Gasteiger charge is -2.18. The van der Waals surface area contributed by atoms with Crippen LogP contribution in [-0.2, 0) is 16.1 Å². The van der Waals surface area contributed by atoms with E-state index in [9.17, 15) is 9.59 Å². The Kier molecular flexibility index (Phi) is 6.99. The van der Waals surface area contributed by atoms with Crippen LogP contribution in [0.2, 0.25) is 0 Å². The van der Waals surface area contributed by atoms with Gasteiger partial charge in [-0.25, -0.2) is 10.3 Å². The number of amides is 2. The highest BCUT2D eigenvalue weighted by molar-refractivity contribution is 7.96. The van der Waals surface area contributed by atoms with Crippen LogP contribution in [0.5, 0.6) is 0 Å². The quantitative estimate of drug-likeness (QED) is 0.526. The maximum absolute atomic E-state index is 11.4. The summed E-state index contributed by atoms with van der Waals surface area (Å²) in [5.41, 5.74) is 3.29. The number of hydrogen-bond donors (Lipinski definition) is 3. The Balaban J connectivity index is 2.58. The molecule has 0 saturated carbocycles.